The van der Waals surface area contributed by atoms with Gasteiger partial charge in [0.2, 0.25) is 0 Å². The van der Waals surface area contributed by atoms with E-state index in [-0.39, 0.29) is 28.3 Å². The lowest BCUT2D eigenvalue weighted by molar-refractivity contribution is -0.140. The first-order valence-electron chi connectivity index (χ1n) is 15.1. The molecule has 0 fully saturated rings. The van der Waals surface area contributed by atoms with Gasteiger partial charge in [-0.05, 0) is 68.4 Å². The zero-order chi connectivity index (χ0) is 30.2. The van der Waals surface area contributed by atoms with Gasteiger partial charge in [0.1, 0.15) is 0 Å². The van der Waals surface area contributed by atoms with Crippen LogP contribution in [0.5, 0.6) is 0 Å². The van der Waals surface area contributed by atoms with Gasteiger partial charge in [-0.2, -0.15) is 0 Å². The van der Waals surface area contributed by atoms with Crippen molar-refractivity contribution in [2.24, 2.45) is 0 Å². The molecule has 0 aliphatic carbocycles. The average Bonchev–Trinajstić information content (AvgIpc) is 2.81. The second-order valence-electron chi connectivity index (χ2n) is 13.6. The molecule has 0 aliphatic heterocycles. The summed E-state index contributed by atoms with van der Waals surface area (Å²) in [4.78, 5) is 11.9. The molecular weight excluding hydrogens is 517 g/mol. The summed E-state index contributed by atoms with van der Waals surface area (Å²) in [6.45, 7) is 25.0. The van der Waals surface area contributed by atoms with Crippen LogP contribution in [0.1, 0.15) is 99.8 Å². The molecule has 0 radical (unpaired) electrons. The zero-order valence-corrected chi connectivity index (χ0v) is 29.6. The van der Waals surface area contributed by atoms with Crippen molar-refractivity contribution in [2.75, 3.05) is 7.11 Å². The molecule has 6 heteroatoms. The zero-order valence-electron chi connectivity index (χ0n) is 27.6. The minimum Gasteiger partial charge on any atom is -0.469 e. The smallest absolute Gasteiger partial charge is 0.305 e. The second kappa shape index (κ2) is 18.3. The van der Waals surface area contributed by atoms with Gasteiger partial charge in [-0.3, -0.25) is 4.79 Å². The Kier molecular flexibility index (Phi) is 17.7. The normalized spacial score (nSPS) is 15.7. The molecular formula is C33H62O4Si2. The van der Waals surface area contributed by atoms with Crippen LogP contribution in [-0.2, 0) is 18.4 Å². The molecule has 0 saturated heterocycles. The summed E-state index contributed by atoms with van der Waals surface area (Å²) in [5, 5.41) is 0.156. The summed E-state index contributed by atoms with van der Waals surface area (Å²) in [5.41, 5.74) is 0. The minimum absolute atomic E-state index is 0.0774. The van der Waals surface area contributed by atoms with Crippen LogP contribution >= 0.6 is 0 Å². The number of rotatable bonds is 18. The van der Waals surface area contributed by atoms with Crippen LogP contribution in [0.4, 0.5) is 0 Å². The van der Waals surface area contributed by atoms with Gasteiger partial charge in [0.05, 0.1) is 19.3 Å². The van der Waals surface area contributed by atoms with Gasteiger partial charge >= 0.3 is 5.97 Å². The molecule has 0 aromatic rings. The molecule has 4 nitrogen and oxygen atoms in total. The van der Waals surface area contributed by atoms with Gasteiger partial charge < -0.3 is 13.6 Å². The molecule has 0 unspecified atom stereocenters. The van der Waals surface area contributed by atoms with Crippen LogP contribution in [0.15, 0.2) is 48.6 Å². The molecule has 0 bridgehead atoms. The number of hydrogen-bond acceptors (Lipinski definition) is 4. The van der Waals surface area contributed by atoms with Gasteiger partial charge in [-0.1, -0.05) is 110 Å². The maximum atomic E-state index is 11.9. The first-order valence-corrected chi connectivity index (χ1v) is 20.9. The molecule has 0 aromatic carbocycles. The number of esters is 1. The number of carbonyl (C=O) groups is 1. The van der Waals surface area contributed by atoms with Crippen LogP contribution in [-0.4, -0.2) is 41.9 Å². The monoisotopic (exact) mass is 578 g/mol. The highest BCUT2D eigenvalue weighted by molar-refractivity contribution is 6.74. The van der Waals surface area contributed by atoms with Gasteiger partial charge in [0.15, 0.2) is 16.6 Å². The SMILES string of the molecule is CCCCC/C=C\C\C=C/C=C/C=C/[C@@H](O[Si](C)(C)C(C)(C)C)[C@H](CCCC(=O)OC)O[Si](C)(C)C(C)(C)C. The summed E-state index contributed by atoms with van der Waals surface area (Å²) in [7, 11) is -2.70. The minimum atomic E-state index is -2.08. The van der Waals surface area contributed by atoms with Crippen LogP contribution < -0.4 is 0 Å². The predicted molar refractivity (Wildman–Crippen MR) is 175 cm³/mol. The van der Waals surface area contributed by atoms with Gasteiger partial charge in [0, 0.05) is 6.42 Å². The Balaban J connectivity index is 5.77. The molecule has 0 spiro atoms. The number of unbranched alkanes of at least 4 members (excludes halogenated alkanes) is 3. The highest BCUT2D eigenvalue weighted by Crippen LogP contribution is 2.41. The maximum absolute atomic E-state index is 11.9. The third-order valence-corrected chi connectivity index (χ3v) is 17.1. The molecule has 226 valence electrons. The van der Waals surface area contributed by atoms with E-state index in [1.807, 2.05) is 0 Å². The Hall–Kier alpha value is -1.22. The lowest BCUT2D eigenvalue weighted by Gasteiger charge is -2.44. The molecule has 0 aliphatic rings. The van der Waals surface area contributed by atoms with Crippen molar-refractivity contribution < 1.29 is 18.4 Å². The molecule has 0 N–H and O–H groups in total. The van der Waals surface area contributed by atoms with Gasteiger partial charge in [-0.25, -0.2) is 0 Å². The van der Waals surface area contributed by atoms with Crippen LogP contribution in [0, 0.1) is 0 Å². The van der Waals surface area contributed by atoms with Crippen LogP contribution in [0.25, 0.3) is 0 Å². The second-order valence-corrected chi connectivity index (χ2v) is 23.1. The number of hydrogen-bond donors (Lipinski definition) is 0. The summed E-state index contributed by atoms with van der Waals surface area (Å²) >= 11 is 0. The van der Waals surface area contributed by atoms with E-state index < -0.39 is 16.6 Å². The molecule has 2 atom stereocenters. The molecule has 0 rings (SSSR count). The Bertz CT molecular complexity index is 796. The fourth-order valence-corrected chi connectivity index (χ4v) is 6.04. The number of ether oxygens (including phenoxy) is 1. The van der Waals surface area contributed by atoms with E-state index in [1.165, 1.54) is 32.8 Å². The lowest BCUT2D eigenvalue weighted by atomic mass is 10.1. The highest BCUT2D eigenvalue weighted by atomic mass is 28.4. The standard InChI is InChI=1S/C33H62O4Si2/c1-13-14-15-16-17-18-19-20-21-22-23-24-26-29(36-38(9,10)32(2,3)4)30(27-25-28-31(34)35-8)37-39(11,12)33(5,6)7/h17-18,20-24,26,29-30H,13-16,19,25,27-28H2,1-12H3/b18-17-,21-20-,23-22+,26-24+/t29-,30+/m1/s1. The van der Waals surface area contributed by atoms with E-state index in [4.69, 9.17) is 13.6 Å². The Morgan fingerprint density at radius 3 is 1.92 bits per heavy atom. The Morgan fingerprint density at radius 1 is 0.769 bits per heavy atom. The van der Waals surface area contributed by atoms with Crippen molar-refractivity contribution in [3.63, 3.8) is 0 Å². The van der Waals surface area contributed by atoms with Crippen LogP contribution in [0.2, 0.25) is 36.3 Å². The molecule has 0 aromatic heterocycles. The van der Waals surface area contributed by atoms with E-state index in [0.717, 1.165) is 12.8 Å². The number of carbonyl (C=O) groups excluding carboxylic acids is 1. The van der Waals surface area contributed by atoms with E-state index in [1.54, 1.807) is 0 Å². The first-order chi connectivity index (χ1) is 18.0. The van der Waals surface area contributed by atoms with Crippen molar-refractivity contribution in [3.05, 3.63) is 48.6 Å². The van der Waals surface area contributed by atoms with E-state index in [9.17, 15) is 4.79 Å². The summed E-state index contributed by atoms with van der Waals surface area (Å²) in [6, 6.07) is 0. The fraction of sp³-hybridized carbons (Fsp3) is 0.727. The molecule has 0 amide bonds. The number of methoxy groups -OCH3 is 1. The Labute approximate surface area is 244 Å². The number of allylic oxidation sites excluding steroid dienone is 7. The van der Waals surface area contributed by atoms with Crippen LogP contribution in [0.3, 0.4) is 0 Å². The highest BCUT2D eigenvalue weighted by Gasteiger charge is 2.44. The van der Waals surface area contributed by atoms with Gasteiger partial charge in [-0.15, -0.1) is 0 Å². The predicted octanol–water partition coefficient (Wildman–Crippen LogP) is 10.3. The summed E-state index contributed by atoms with van der Waals surface area (Å²) < 4.78 is 18.9. The fourth-order valence-electron chi connectivity index (χ4n) is 3.42. The Morgan fingerprint density at radius 2 is 1.36 bits per heavy atom. The van der Waals surface area contributed by atoms with Crippen molar-refractivity contribution in [1.29, 1.82) is 0 Å². The quantitative estimate of drug-likeness (QED) is 0.0533. The maximum Gasteiger partial charge on any atom is 0.305 e. The average molecular weight is 579 g/mol. The van der Waals surface area contributed by atoms with E-state index >= 15 is 0 Å². The molecule has 0 saturated carbocycles. The largest absolute Gasteiger partial charge is 0.469 e. The summed E-state index contributed by atoms with van der Waals surface area (Å²) in [6.07, 6.45) is 24.7. The van der Waals surface area contributed by atoms with Crippen molar-refractivity contribution >= 4 is 22.6 Å². The third-order valence-electron chi connectivity index (χ3n) is 8.14. The van der Waals surface area contributed by atoms with E-state index in [0.29, 0.717) is 12.8 Å². The van der Waals surface area contributed by atoms with Crippen molar-refractivity contribution in [3.8, 4) is 0 Å². The van der Waals surface area contributed by atoms with E-state index in [2.05, 4.69) is 123 Å². The molecule has 39 heavy (non-hydrogen) atoms. The molecule has 0 heterocycles. The van der Waals surface area contributed by atoms with Crippen molar-refractivity contribution in [1.82, 2.24) is 0 Å². The summed E-state index contributed by atoms with van der Waals surface area (Å²) in [5.74, 6) is -0.177. The first kappa shape index (κ1) is 37.8. The van der Waals surface area contributed by atoms with Gasteiger partial charge in [0.25, 0.3) is 0 Å². The lowest BCUT2D eigenvalue weighted by Crippen LogP contribution is -2.51. The topological polar surface area (TPSA) is 44.8 Å². The van der Waals surface area contributed by atoms with Crippen molar-refractivity contribution in [2.45, 2.75) is 148 Å². The third kappa shape index (κ3) is 16.0.